The highest BCUT2D eigenvalue weighted by Gasteiger charge is 2.28. The van der Waals surface area contributed by atoms with Crippen LogP contribution in [-0.2, 0) is 11.3 Å². The van der Waals surface area contributed by atoms with Crippen molar-refractivity contribution in [3.8, 4) is 0 Å². The van der Waals surface area contributed by atoms with Crippen molar-refractivity contribution in [3.05, 3.63) is 34.9 Å². The summed E-state index contributed by atoms with van der Waals surface area (Å²) < 4.78 is 0. The molecule has 2 rings (SSSR count). The number of hydrogen-bond donors (Lipinski definition) is 0. The average Bonchev–Trinajstić information content (AvgIpc) is 2.64. The van der Waals surface area contributed by atoms with E-state index in [1.165, 1.54) is 4.90 Å². The standard InChI is InChI=1S/C12H13ClN2O3/c13-10-4-2-1-3-9(10)7-14-5-6-15(12(14)18)8-11(16)17/h1-4H,5-8H2,(H,16,17)/p-1. The maximum Gasteiger partial charge on any atom is 0.320 e. The lowest BCUT2D eigenvalue weighted by molar-refractivity contribution is -0.305. The molecule has 5 nitrogen and oxygen atoms in total. The molecule has 6 heteroatoms. The number of benzene rings is 1. The Morgan fingerprint density at radius 1 is 1.28 bits per heavy atom. The maximum atomic E-state index is 11.9. The highest BCUT2D eigenvalue weighted by atomic mass is 35.5. The van der Waals surface area contributed by atoms with E-state index >= 15 is 0 Å². The maximum absolute atomic E-state index is 11.9. The highest BCUT2D eigenvalue weighted by Crippen LogP contribution is 2.19. The Kier molecular flexibility index (Phi) is 3.72. The van der Waals surface area contributed by atoms with Gasteiger partial charge in [0.15, 0.2) is 0 Å². The van der Waals surface area contributed by atoms with Crippen molar-refractivity contribution in [2.45, 2.75) is 6.54 Å². The van der Waals surface area contributed by atoms with Gasteiger partial charge in [-0.15, -0.1) is 0 Å². The van der Waals surface area contributed by atoms with Crippen LogP contribution in [0, 0.1) is 0 Å². The quantitative estimate of drug-likeness (QED) is 0.790. The third-order valence-electron chi connectivity index (χ3n) is 2.82. The number of amides is 2. The first-order chi connectivity index (χ1) is 8.58. The largest absolute Gasteiger partial charge is 0.548 e. The monoisotopic (exact) mass is 267 g/mol. The van der Waals surface area contributed by atoms with Gasteiger partial charge in [-0.2, -0.15) is 0 Å². The van der Waals surface area contributed by atoms with Crippen molar-refractivity contribution >= 4 is 23.6 Å². The highest BCUT2D eigenvalue weighted by molar-refractivity contribution is 6.31. The second-order valence-corrected chi connectivity index (χ2v) is 4.50. The van der Waals surface area contributed by atoms with Gasteiger partial charge in [0.25, 0.3) is 0 Å². The summed E-state index contributed by atoms with van der Waals surface area (Å²) in [6.07, 6.45) is 0. The zero-order valence-corrected chi connectivity index (χ0v) is 10.4. The molecule has 0 aliphatic carbocycles. The summed E-state index contributed by atoms with van der Waals surface area (Å²) in [6, 6.07) is 6.98. The van der Waals surface area contributed by atoms with E-state index in [-0.39, 0.29) is 12.6 Å². The van der Waals surface area contributed by atoms with Crippen molar-refractivity contribution in [2.75, 3.05) is 19.6 Å². The van der Waals surface area contributed by atoms with Gasteiger partial charge in [0.1, 0.15) is 0 Å². The van der Waals surface area contributed by atoms with Crippen molar-refractivity contribution < 1.29 is 14.7 Å². The lowest BCUT2D eigenvalue weighted by Gasteiger charge is -2.19. The molecule has 96 valence electrons. The van der Waals surface area contributed by atoms with Gasteiger partial charge in [0, 0.05) is 24.7 Å². The third-order valence-corrected chi connectivity index (χ3v) is 3.19. The number of carbonyl (C=O) groups is 2. The second-order valence-electron chi connectivity index (χ2n) is 4.09. The van der Waals surface area contributed by atoms with E-state index in [0.717, 1.165) is 5.56 Å². The van der Waals surface area contributed by atoms with Crippen LogP contribution in [0.5, 0.6) is 0 Å². The molecule has 0 bridgehead atoms. The predicted molar refractivity (Wildman–Crippen MR) is 63.8 cm³/mol. The van der Waals surface area contributed by atoms with E-state index in [1.807, 2.05) is 18.2 Å². The molecule has 0 unspecified atom stereocenters. The van der Waals surface area contributed by atoms with Gasteiger partial charge >= 0.3 is 6.03 Å². The number of carboxylic acid groups (broad SMARTS) is 1. The van der Waals surface area contributed by atoms with E-state index in [4.69, 9.17) is 11.6 Å². The first-order valence-corrected chi connectivity index (χ1v) is 5.93. The van der Waals surface area contributed by atoms with Crippen molar-refractivity contribution in [1.29, 1.82) is 0 Å². The fourth-order valence-corrected chi connectivity index (χ4v) is 2.11. The Balaban J connectivity index is 2.02. The second kappa shape index (κ2) is 5.27. The summed E-state index contributed by atoms with van der Waals surface area (Å²) in [5.74, 6) is -1.25. The number of urea groups is 1. The van der Waals surface area contributed by atoms with Gasteiger partial charge in [-0.1, -0.05) is 29.8 Å². The van der Waals surface area contributed by atoms with Gasteiger partial charge in [-0.25, -0.2) is 4.79 Å². The van der Waals surface area contributed by atoms with Gasteiger partial charge in [0.2, 0.25) is 0 Å². The van der Waals surface area contributed by atoms with Crippen LogP contribution in [-0.4, -0.2) is 41.4 Å². The van der Waals surface area contributed by atoms with Crippen LogP contribution in [0.2, 0.25) is 5.02 Å². The van der Waals surface area contributed by atoms with Crippen LogP contribution in [0.4, 0.5) is 4.79 Å². The molecular formula is C12H12ClN2O3-. The van der Waals surface area contributed by atoms with Crippen LogP contribution in [0.15, 0.2) is 24.3 Å². The molecule has 2 amide bonds. The Morgan fingerprint density at radius 3 is 2.61 bits per heavy atom. The molecule has 18 heavy (non-hydrogen) atoms. The normalized spacial score (nSPS) is 15.3. The van der Waals surface area contributed by atoms with E-state index in [0.29, 0.717) is 24.7 Å². The number of aliphatic carboxylic acids is 1. The number of nitrogens with zero attached hydrogens (tertiary/aromatic N) is 2. The molecule has 0 saturated carbocycles. The topological polar surface area (TPSA) is 63.7 Å². The van der Waals surface area contributed by atoms with Gasteiger partial charge in [-0.3, -0.25) is 0 Å². The van der Waals surface area contributed by atoms with Gasteiger partial charge < -0.3 is 19.7 Å². The molecule has 1 saturated heterocycles. The fourth-order valence-electron chi connectivity index (χ4n) is 1.91. The molecule has 0 spiro atoms. The smallest absolute Gasteiger partial charge is 0.320 e. The van der Waals surface area contributed by atoms with E-state index in [2.05, 4.69) is 0 Å². The number of rotatable bonds is 4. The van der Waals surface area contributed by atoms with Crippen LogP contribution < -0.4 is 5.11 Å². The number of halogens is 1. The zero-order chi connectivity index (χ0) is 13.1. The van der Waals surface area contributed by atoms with Gasteiger partial charge in [-0.05, 0) is 11.6 Å². The number of hydrogen-bond acceptors (Lipinski definition) is 3. The Hall–Kier alpha value is -1.75. The SMILES string of the molecule is O=C([O-])CN1CCN(Cc2ccccc2Cl)C1=O. The summed E-state index contributed by atoms with van der Waals surface area (Å²) in [5, 5.41) is 11.1. The van der Waals surface area contributed by atoms with Crippen LogP contribution in [0.25, 0.3) is 0 Å². The minimum absolute atomic E-state index is 0.292. The molecule has 1 aromatic carbocycles. The lowest BCUT2D eigenvalue weighted by atomic mass is 10.2. The summed E-state index contributed by atoms with van der Waals surface area (Å²) in [4.78, 5) is 25.2. The van der Waals surface area contributed by atoms with Gasteiger partial charge in [0.05, 0.1) is 12.5 Å². The first kappa shape index (κ1) is 12.7. The summed E-state index contributed by atoms with van der Waals surface area (Å²) in [6.45, 7) is 0.925. The zero-order valence-electron chi connectivity index (χ0n) is 9.63. The summed E-state index contributed by atoms with van der Waals surface area (Å²) >= 11 is 6.02. The summed E-state index contributed by atoms with van der Waals surface area (Å²) in [7, 11) is 0. The third kappa shape index (κ3) is 2.73. The molecule has 0 aromatic heterocycles. The van der Waals surface area contributed by atoms with E-state index in [9.17, 15) is 14.7 Å². The molecule has 1 fully saturated rings. The van der Waals surface area contributed by atoms with Crippen molar-refractivity contribution in [3.63, 3.8) is 0 Å². The Labute approximate surface area is 110 Å². The van der Waals surface area contributed by atoms with Crippen LogP contribution in [0.1, 0.15) is 5.56 Å². The van der Waals surface area contributed by atoms with Crippen molar-refractivity contribution in [2.24, 2.45) is 0 Å². The predicted octanol–water partition coefficient (Wildman–Crippen LogP) is 0.328. The molecule has 1 heterocycles. The van der Waals surface area contributed by atoms with Crippen LogP contribution >= 0.6 is 11.6 Å². The molecule has 0 atom stereocenters. The first-order valence-electron chi connectivity index (χ1n) is 5.55. The molecule has 0 radical (unpaired) electrons. The summed E-state index contributed by atoms with van der Waals surface area (Å²) in [5.41, 5.74) is 0.850. The number of carbonyl (C=O) groups excluding carboxylic acids is 2. The minimum Gasteiger partial charge on any atom is -0.548 e. The number of carboxylic acids is 1. The minimum atomic E-state index is -1.25. The molecule has 1 aliphatic heterocycles. The Bertz CT molecular complexity index is 478. The fraction of sp³-hybridized carbons (Fsp3) is 0.333. The van der Waals surface area contributed by atoms with E-state index in [1.54, 1.807) is 11.0 Å². The van der Waals surface area contributed by atoms with E-state index < -0.39 is 5.97 Å². The molecule has 1 aromatic rings. The van der Waals surface area contributed by atoms with Crippen molar-refractivity contribution in [1.82, 2.24) is 9.80 Å². The van der Waals surface area contributed by atoms with Crippen LogP contribution in [0.3, 0.4) is 0 Å². The molecular weight excluding hydrogens is 256 g/mol. The molecule has 0 N–H and O–H groups in total. The average molecular weight is 268 g/mol. The lowest BCUT2D eigenvalue weighted by Crippen LogP contribution is -2.40. The molecule has 1 aliphatic rings. The Morgan fingerprint density at radius 2 is 1.94 bits per heavy atom.